The number of nitrogens with one attached hydrogen (secondary N) is 1. The number of nitrogens with zero attached hydrogens (tertiary/aromatic N) is 3. The number of likely N-dealkylation sites (tertiary alicyclic amines) is 1. The third kappa shape index (κ3) is 3.23. The van der Waals surface area contributed by atoms with Crippen LogP contribution in [0.5, 0.6) is 0 Å². The van der Waals surface area contributed by atoms with Gasteiger partial charge in [-0.05, 0) is 39.8 Å². The maximum Gasteiger partial charge on any atom is 0.125 e. The summed E-state index contributed by atoms with van der Waals surface area (Å²) in [6.07, 6.45) is 4.25. The second-order valence-corrected chi connectivity index (χ2v) is 5.18. The summed E-state index contributed by atoms with van der Waals surface area (Å²) in [6.45, 7) is 7.47. The number of hydrogen-bond acceptors (Lipinski definition) is 4. The fourth-order valence-electron chi connectivity index (χ4n) is 2.28. The van der Waals surface area contributed by atoms with E-state index >= 15 is 0 Å². The van der Waals surface area contributed by atoms with E-state index in [0.717, 1.165) is 31.2 Å². The standard InChI is InChI=1S/C13H22N4/c1-11-15-7-4-12(16-11)10-17-8-5-13(2,14-3)6-9-17/h4,7,14H,5-6,8-10H2,1-3H3. The normalized spacial score (nSPS) is 20.4. The summed E-state index contributed by atoms with van der Waals surface area (Å²) in [5.41, 5.74) is 1.45. The van der Waals surface area contributed by atoms with Crippen LogP contribution in [0, 0.1) is 6.92 Å². The summed E-state index contributed by atoms with van der Waals surface area (Å²) >= 11 is 0. The van der Waals surface area contributed by atoms with Crippen molar-refractivity contribution in [1.82, 2.24) is 20.2 Å². The molecule has 2 rings (SSSR count). The van der Waals surface area contributed by atoms with Crippen LogP contribution in [-0.4, -0.2) is 40.5 Å². The lowest BCUT2D eigenvalue weighted by Crippen LogP contribution is -2.49. The zero-order valence-electron chi connectivity index (χ0n) is 11.0. The Bertz CT molecular complexity index is 369. The van der Waals surface area contributed by atoms with E-state index < -0.39 is 0 Å². The molecule has 1 aromatic rings. The van der Waals surface area contributed by atoms with Crippen molar-refractivity contribution in [2.24, 2.45) is 0 Å². The molecule has 1 N–H and O–H groups in total. The molecule has 0 aromatic carbocycles. The van der Waals surface area contributed by atoms with Gasteiger partial charge < -0.3 is 5.32 Å². The van der Waals surface area contributed by atoms with E-state index in [0.29, 0.717) is 5.54 Å². The molecule has 1 fully saturated rings. The predicted molar refractivity (Wildman–Crippen MR) is 68.7 cm³/mol. The fraction of sp³-hybridized carbons (Fsp3) is 0.692. The molecule has 0 unspecified atom stereocenters. The van der Waals surface area contributed by atoms with Crippen molar-refractivity contribution in [3.05, 3.63) is 23.8 Å². The van der Waals surface area contributed by atoms with Gasteiger partial charge in [-0.2, -0.15) is 0 Å². The molecule has 2 heterocycles. The van der Waals surface area contributed by atoms with Crippen molar-refractivity contribution < 1.29 is 0 Å². The quantitative estimate of drug-likeness (QED) is 0.857. The highest BCUT2D eigenvalue weighted by Crippen LogP contribution is 2.21. The lowest BCUT2D eigenvalue weighted by Gasteiger charge is -2.39. The Balaban J connectivity index is 1.90. The third-order valence-corrected chi connectivity index (χ3v) is 3.78. The second kappa shape index (κ2) is 5.10. The first-order valence-electron chi connectivity index (χ1n) is 6.31. The molecule has 1 aliphatic heterocycles. The largest absolute Gasteiger partial charge is 0.314 e. The van der Waals surface area contributed by atoms with Gasteiger partial charge in [-0.25, -0.2) is 9.97 Å². The molecule has 4 nitrogen and oxygen atoms in total. The van der Waals surface area contributed by atoms with Crippen molar-refractivity contribution >= 4 is 0 Å². The monoisotopic (exact) mass is 234 g/mol. The minimum Gasteiger partial charge on any atom is -0.314 e. The molecule has 1 aliphatic rings. The average Bonchev–Trinajstić information content (AvgIpc) is 2.33. The van der Waals surface area contributed by atoms with E-state index in [1.54, 1.807) is 0 Å². The van der Waals surface area contributed by atoms with E-state index in [2.05, 4.69) is 34.2 Å². The molecule has 0 saturated carbocycles. The molecule has 94 valence electrons. The van der Waals surface area contributed by atoms with Crippen LogP contribution >= 0.6 is 0 Å². The first kappa shape index (κ1) is 12.5. The summed E-state index contributed by atoms with van der Waals surface area (Å²) < 4.78 is 0. The summed E-state index contributed by atoms with van der Waals surface area (Å²) in [5, 5.41) is 3.42. The van der Waals surface area contributed by atoms with Crippen LogP contribution in [0.2, 0.25) is 0 Å². The molecule has 0 spiro atoms. The van der Waals surface area contributed by atoms with Crippen LogP contribution in [0.1, 0.15) is 31.3 Å². The van der Waals surface area contributed by atoms with Gasteiger partial charge in [-0.1, -0.05) is 0 Å². The fourth-order valence-corrected chi connectivity index (χ4v) is 2.28. The Hall–Kier alpha value is -1.00. The van der Waals surface area contributed by atoms with Crippen molar-refractivity contribution in [2.45, 2.75) is 38.8 Å². The lowest BCUT2D eigenvalue weighted by atomic mass is 9.90. The van der Waals surface area contributed by atoms with Crippen LogP contribution in [0.15, 0.2) is 12.3 Å². The lowest BCUT2D eigenvalue weighted by molar-refractivity contribution is 0.145. The minimum atomic E-state index is 0.318. The van der Waals surface area contributed by atoms with Gasteiger partial charge in [-0.15, -0.1) is 0 Å². The molecule has 0 atom stereocenters. The zero-order valence-corrected chi connectivity index (χ0v) is 11.0. The minimum absolute atomic E-state index is 0.318. The van der Waals surface area contributed by atoms with Crippen LogP contribution in [0.4, 0.5) is 0 Å². The first-order valence-corrected chi connectivity index (χ1v) is 6.31. The molecule has 0 aliphatic carbocycles. The highest BCUT2D eigenvalue weighted by molar-refractivity contribution is 5.02. The molecule has 0 amide bonds. The molecule has 0 radical (unpaired) electrons. The summed E-state index contributed by atoms with van der Waals surface area (Å²) in [4.78, 5) is 11.1. The Morgan fingerprint density at radius 2 is 2.12 bits per heavy atom. The Morgan fingerprint density at radius 3 is 2.71 bits per heavy atom. The number of rotatable bonds is 3. The topological polar surface area (TPSA) is 41.0 Å². The maximum atomic E-state index is 4.46. The van der Waals surface area contributed by atoms with Gasteiger partial charge in [0.05, 0.1) is 5.69 Å². The molecule has 4 heteroatoms. The van der Waals surface area contributed by atoms with Crippen molar-refractivity contribution in [1.29, 1.82) is 0 Å². The van der Waals surface area contributed by atoms with Crippen LogP contribution < -0.4 is 5.32 Å². The van der Waals surface area contributed by atoms with E-state index in [9.17, 15) is 0 Å². The molecule has 17 heavy (non-hydrogen) atoms. The average molecular weight is 234 g/mol. The van der Waals surface area contributed by atoms with Crippen LogP contribution in [0.25, 0.3) is 0 Å². The molecule has 1 aromatic heterocycles. The smallest absolute Gasteiger partial charge is 0.125 e. The first-order chi connectivity index (χ1) is 8.11. The summed E-state index contributed by atoms with van der Waals surface area (Å²) in [6, 6.07) is 2.01. The summed E-state index contributed by atoms with van der Waals surface area (Å²) in [7, 11) is 2.06. The highest BCUT2D eigenvalue weighted by Gasteiger charge is 2.28. The highest BCUT2D eigenvalue weighted by atomic mass is 15.2. The Kier molecular flexibility index (Phi) is 3.74. The van der Waals surface area contributed by atoms with E-state index in [4.69, 9.17) is 0 Å². The predicted octanol–water partition coefficient (Wildman–Crippen LogP) is 1.36. The van der Waals surface area contributed by atoms with Crippen LogP contribution in [0.3, 0.4) is 0 Å². The van der Waals surface area contributed by atoms with E-state index in [-0.39, 0.29) is 0 Å². The van der Waals surface area contributed by atoms with Crippen molar-refractivity contribution in [2.75, 3.05) is 20.1 Å². The van der Waals surface area contributed by atoms with Gasteiger partial charge >= 0.3 is 0 Å². The third-order valence-electron chi connectivity index (χ3n) is 3.78. The maximum absolute atomic E-state index is 4.46. The zero-order chi connectivity index (χ0) is 12.3. The van der Waals surface area contributed by atoms with Gasteiger partial charge in [0.2, 0.25) is 0 Å². The van der Waals surface area contributed by atoms with Gasteiger partial charge in [0.1, 0.15) is 5.82 Å². The van der Waals surface area contributed by atoms with E-state index in [1.807, 2.05) is 19.2 Å². The number of piperidine rings is 1. The SMILES string of the molecule is CNC1(C)CCN(Cc2ccnc(C)n2)CC1. The molecule has 1 saturated heterocycles. The van der Waals surface area contributed by atoms with Crippen molar-refractivity contribution in [3.63, 3.8) is 0 Å². The number of aryl methyl sites for hydroxylation is 1. The molecular formula is C13H22N4. The van der Waals surface area contributed by atoms with Gasteiger partial charge in [0, 0.05) is 31.4 Å². The van der Waals surface area contributed by atoms with Crippen LogP contribution in [-0.2, 0) is 6.54 Å². The van der Waals surface area contributed by atoms with Gasteiger partial charge in [0.25, 0.3) is 0 Å². The summed E-state index contributed by atoms with van der Waals surface area (Å²) in [5.74, 6) is 0.861. The van der Waals surface area contributed by atoms with Gasteiger partial charge in [0.15, 0.2) is 0 Å². The second-order valence-electron chi connectivity index (χ2n) is 5.18. The Labute approximate surface area is 103 Å². The molecule has 0 bridgehead atoms. The molecular weight excluding hydrogens is 212 g/mol. The van der Waals surface area contributed by atoms with Crippen molar-refractivity contribution in [3.8, 4) is 0 Å². The number of aromatic nitrogens is 2. The van der Waals surface area contributed by atoms with Gasteiger partial charge in [-0.3, -0.25) is 4.90 Å². The Morgan fingerprint density at radius 1 is 1.41 bits per heavy atom. The number of hydrogen-bond donors (Lipinski definition) is 1. The van der Waals surface area contributed by atoms with E-state index in [1.165, 1.54) is 12.8 Å².